The van der Waals surface area contributed by atoms with Gasteiger partial charge in [-0.1, -0.05) is 88.7 Å². The van der Waals surface area contributed by atoms with Gasteiger partial charge in [0.05, 0.1) is 23.2 Å². The van der Waals surface area contributed by atoms with E-state index in [0.717, 1.165) is 31.2 Å². The minimum Gasteiger partial charge on any atom is -0.490 e. The van der Waals surface area contributed by atoms with Crippen molar-refractivity contribution in [3.8, 4) is 11.5 Å². The highest BCUT2D eigenvalue weighted by molar-refractivity contribution is 9.10. The molecular weight excluding hydrogens is 596 g/mol. The lowest BCUT2D eigenvalue weighted by atomic mass is 9.91. The van der Waals surface area contributed by atoms with Crippen molar-refractivity contribution in [1.29, 1.82) is 0 Å². The second kappa shape index (κ2) is 13.2. The summed E-state index contributed by atoms with van der Waals surface area (Å²) in [7, 11) is 0. The number of carbonyl (C=O) groups excluding carboxylic acids is 1. The number of hydrazone groups is 1. The zero-order chi connectivity index (χ0) is 26.0. The molecule has 0 spiro atoms. The molecule has 4 aromatic carbocycles. The van der Waals surface area contributed by atoms with Gasteiger partial charge in [0.25, 0.3) is 5.91 Å². The fourth-order valence-electron chi connectivity index (χ4n) is 3.82. The smallest absolute Gasteiger partial charge is 0.252 e. The normalized spacial score (nSPS) is 11.0. The van der Waals surface area contributed by atoms with Crippen LogP contribution in [0, 0.1) is 0 Å². The summed E-state index contributed by atoms with van der Waals surface area (Å²) in [5.41, 5.74) is 6.29. The van der Waals surface area contributed by atoms with Gasteiger partial charge in [0, 0.05) is 4.47 Å². The summed E-state index contributed by atoms with van der Waals surface area (Å²) < 4.78 is 13.7. The van der Waals surface area contributed by atoms with Crippen molar-refractivity contribution in [3.05, 3.63) is 128 Å². The van der Waals surface area contributed by atoms with Crippen LogP contribution in [-0.4, -0.2) is 18.7 Å². The molecule has 0 saturated heterocycles. The highest BCUT2D eigenvalue weighted by atomic mass is 79.9. The fraction of sp³-hybridized carbons (Fsp3) is 0.133. The van der Waals surface area contributed by atoms with Gasteiger partial charge in [-0.2, -0.15) is 5.10 Å². The first kappa shape index (κ1) is 26.6. The number of carbonyl (C=O) groups is 1. The van der Waals surface area contributed by atoms with E-state index in [0.29, 0.717) is 24.7 Å². The number of halogens is 2. The van der Waals surface area contributed by atoms with Crippen molar-refractivity contribution >= 4 is 44.0 Å². The van der Waals surface area contributed by atoms with E-state index in [4.69, 9.17) is 9.47 Å². The lowest BCUT2D eigenvalue weighted by Crippen LogP contribution is -2.26. The van der Waals surface area contributed by atoms with Gasteiger partial charge in [-0.25, -0.2) is 5.43 Å². The van der Waals surface area contributed by atoms with Crippen LogP contribution in [0.1, 0.15) is 35.1 Å². The number of ether oxygens (including phenoxy) is 2. The van der Waals surface area contributed by atoms with E-state index in [2.05, 4.69) is 42.4 Å². The Bertz CT molecular complexity index is 1310. The van der Waals surface area contributed by atoms with Crippen molar-refractivity contribution in [1.82, 2.24) is 5.43 Å². The molecule has 1 N–H and O–H groups in total. The third-order valence-corrected chi connectivity index (χ3v) is 6.66. The Morgan fingerprint density at radius 2 is 1.51 bits per heavy atom. The van der Waals surface area contributed by atoms with Crippen molar-refractivity contribution in [3.63, 3.8) is 0 Å². The molecule has 37 heavy (non-hydrogen) atoms. The predicted molar refractivity (Wildman–Crippen MR) is 154 cm³/mol. The average molecular weight is 622 g/mol. The first-order valence-corrected chi connectivity index (χ1v) is 13.4. The first-order valence-electron chi connectivity index (χ1n) is 11.8. The molecule has 0 bridgehead atoms. The van der Waals surface area contributed by atoms with Gasteiger partial charge < -0.3 is 9.47 Å². The number of nitrogens with zero attached hydrogens (tertiary/aromatic N) is 1. The monoisotopic (exact) mass is 620 g/mol. The quantitative estimate of drug-likeness (QED) is 0.148. The SMILES string of the molecule is CCOc1cc(/C=N/NC(=O)C(c2ccccc2)c2ccccc2)cc(Br)c1OCc1ccc(Br)cc1. The van der Waals surface area contributed by atoms with Crippen LogP contribution in [0.15, 0.2) is 111 Å². The zero-order valence-corrected chi connectivity index (χ0v) is 23.4. The Kier molecular flexibility index (Phi) is 9.52. The maximum absolute atomic E-state index is 13.2. The van der Waals surface area contributed by atoms with Crippen molar-refractivity contribution in [2.75, 3.05) is 6.61 Å². The standard InChI is InChI=1S/C30H26Br2N2O3/c1-2-36-27-18-22(17-26(32)29(27)37-20-21-13-15-25(31)16-14-21)19-33-34-30(35)28(23-9-5-3-6-10-23)24-11-7-4-8-12-24/h3-19,28H,2,20H2,1H3,(H,34,35)/b33-19+. The molecule has 5 nitrogen and oxygen atoms in total. The van der Waals surface area contributed by atoms with E-state index >= 15 is 0 Å². The third kappa shape index (κ3) is 7.31. The number of hydrogen-bond donors (Lipinski definition) is 1. The highest BCUT2D eigenvalue weighted by Gasteiger charge is 2.22. The average Bonchev–Trinajstić information content (AvgIpc) is 2.91. The number of benzene rings is 4. The number of nitrogens with one attached hydrogen (secondary N) is 1. The molecule has 0 fully saturated rings. The Morgan fingerprint density at radius 1 is 0.892 bits per heavy atom. The van der Waals surface area contributed by atoms with Gasteiger partial charge in [-0.15, -0.1) is 0 Å². The van der Waals surface area contributed by atoms with E-state index in [1.165, 1.54) is 0 Å². The highest BCUT2D eigenvalue weighted by Crippen LogP contribution is 2.37. The molecule has 0 aliphatic carbocycles. The van der Waals surface area contributed by atoms with Crippen molar-refractivity contribution < 1.29 is 14.3 Å². The van der Waals surface area contributed by atoms with Gasteiger partial charge in [-0.05, 0) is 69.4 Å². The molecule has 0 aliphatic rings. The van der Waals surface area contributed by atoms with Crippen molar-refractivity contribution in [2.45, 2.75) is 19.4 Å². The molecule has 0 heterocycles. The third-order valence-electron chi connectivity index (χ3n) is 5.54. The summed E-state index contributed by atoms with van der Waals surface area (Å²) in [6, 6.07) is 31.0. The second-order valence-electron chi connectivity index (χ2n) is 8.17. The minimum atomic E-state index is -0.473. The summed E-state index contributed by atoms with van der Waals surface area (Å²) in [5, 5.41) is 4.24. The lowest BCUT2D eigenvalue weighted by molar-refractivity contribution is -0.121. The van der Waals surface area contributed by atoms with Crippen molar-refractivity contribution in [2.24, 2.45) is 5.10 Å². The Labute approximate surface area is 233 Å². The minimum absolute atomic E-state index is 0.216. The van der Waals surface area contributed by atoms with E-state index in [1.807, 2.05) is 104 Å². The van der Waals surface area contributed by atoms with Crippen LogP contribution < -0.4 is 14.9 Å². The fourth-order valence-corrected chi connectivity index (χ4v) is 4.66. The van der Waals surface area contributed by atoms with Gasteiger partial charge in [-0.3, -0.25) is 4.79 Å². The molecule has 4 rings (SSSR count). The van der Waals surface area contributed by atoms with Crippen LogP contribution in [0.4, 0.5) is 0 Å². The summed E-state index contributed by atoms with van der Waals surface area (Å²) in [5.74, 6) is 0.513. The molecule has 0 aliphatic heterocycles. The second-order valence-corrected chi connectivity index (χ2v) is 9.94. The molecule has 0 radical (unpaired) electrons. The largest absolute Gasteiger partial charge is 0.490 e. The molecule has 0 unspecified atom stereocenters. The van der Waals surface area contributed by atoms with E-state index in [9.17, 15) is 4.79 Å². The van der Waals surface area contributed by atoms with E-state index in [-0.39, 0.29) is 5.91 Å². The van der Waals surface area contributed by atoms with Crippen LogP contribution in [0.3, 0.4) is 0 Å². The summed E-state index contributed by atoms with van der Waals surface area (Å²) >= 11 is 7.04. The number of rotatable bonds is 10. The predicted octanol–water partition coefficient (Wildman–Crippen LogP) is 7.47. The van der Waals surface area contributed by atoms with Gasteiger partial charge in [0.1, 0.15) is 6.61 Å². The van der Waals surface area contributed by atoms with E-state index < -0.39 is 5.92 Å². The van der Waals surface area contributed by atoms with Gasteiger partial charge >= 0.3 is 0 Å². The maximum atomic E-state index is 13.2. The summed E-state index contributed by atoms with van der Waals surface area (Å²) in [4.78, 5) is 13.2. The van der Waals surface area contributed by atoms with Gasteiger partial charge in [0.2, 0.25) is 0 Å². The van der Waals surface area contributed by atoms with Crippen LogP contribution in [0.5, 0.6) is 11.5 Å². The Morgan fingerprint density at radius 3 is 2.11 bits per heavy atom. The Hall–Kier alpha value is -3.42. The molecule has 0 atom stereocenters. The van der Waals surface area contributed by atoms with Crippen LogP contribution in [0.25, 0.3) is 0 Å². The van der Waals surface area contributed by atoms with E-state index in [1.54, 1.807) is 6.21 Å². The molecular formula is C30H26Br2N2O3. The summed E-state index contributed by atoms with van der Waals surface area (Å²) in [6.45, 7) is 2.80. The van der Waals surface area contributed by atoms with Gasteiger partial charge in [0.15, 0.2) is 11.5 Å². The topological polar surface area (TPSA) is 59.9 Å². The zero-order valence-electron chi connectivity index (χ0n) is 20.2. The van der Waals surface area contributed by atoms with Crippen LogP contribution in [0.2, 0.25) is 0 Å². The molecule has 4 aromatic rings. The molecule has 7 heteroatoms. The molecule has 1 amide bonds. The number of amides is 1. The van der Waals surface area contributed by atoms with Crippen LogP contribution in [-0.2, 0) is 11.4 Å². The molecule has 0 aromatic heterocycles. The number of hydrogen-bond acceptors (Lipinski definition) is 4. The first-order chi connectivity index (χ1) is 18.0. The Balaban J connectivity index is 1.50. The van der Waals surface area contributed by atoms with Crippen LogP contribution >= 0.6 is 31.9 Å². The maximum Gasteiger partial charge on any atom is 0.252 e. The lowest BCUT2D eigenvalue weighted by Gasteiger charge is -2.16. The summed E-state index contributed by atoms with van der Waals surface area (Å²) in [6.07, 6.45) is 1.59. The molecule has 188 valence electrons. The molecule has 0 saturated carbocycles.